The first-order valence-electron chi connectivity index (χ1n) is 9.06. The van der Waals surface area contributed by atoms with Crippen molar-refractivity contribution in [2.75, 3.05) is 18.5 Å². The van der Waals surface area contributed by atoms with Gasteiger partial charge in [0.25, 0.3) is 5.91 Å². The van der Waals surface area contributed by atoms with Crippen LogP contribution in [-0.4, -0.2) is 25.2 Å². The number of anilines is 1. The number of amides is 1. The summed E-state index contributed by atoms with van der Waals surface area (Å²) in [4.78, 5) is 12.7. The monoisotopic (exact) mass is 337 g/mol. The average molecular weight is 337 g/mol. The van der Waals surface area contributed by atoms with Crippen LogP contribution >= 0.6 is 0 Å². The van der Waals surface area contributed by atoms with E-state index in [2.05, 4.69) is 17.4 Å². The number of rotatable bonds is 5. The van der Waals surface area contributed by atoms with Gasteiger partial charge in [0.15, 0.2) is 0 Å². The van der Waals surface area contributed by atoms with Gasteiger partial charge in [0.2, 0.25) is 0 Å². The van der Waals surface area contributed by atoms with E-state index in [-0.39, 0.29) is 12.0 Å². The fourth-order valence-corrected chi connectivity index (χ4v) is 3.59. The Hall–Kier alpha value is -2.33. The molecule has 0 spiro atoms. The molecule has 1 atom stereocenters. The summed E-state index contributed by atoms with van der Waals surface area (Å²) in [6, 6.07) is 13.6. The van der Waals surface area contributed by atoms with Crippen LogP contribution in [0.25, 0.3) is 0 Å². The molecule has 0 aromatic heterocycles. The Morgan fingerprint density at radius 2 is 2.00 bits per heavy atom. The molecule has 1 aliphatic carbocycles. The molecule has 2 aromatic carbocycles. The van der Waals surface area contributed by atoms with Gasteiger partial charge in [0, 0.05) is 12.3 Å². The van der Waals surface area contributed by atoms with Gasteiger partial charge in [-0.3, -0.25) is 4.79 Å². The van der Waals surface area contributed by atoms with Crippen molar-refractivity contribution in [2.24, 2.45) is 0 Å². The molecule has 0 unspecified atom stereocenters. The van der Waals surface area contributed by atoms with Crippen LogP contribution in [-0.2, 0) is 17.6 Å². The number of carbonyl (C=O) groups excluding carboxylic acids is 1. The van der Waals surface area contributed by atoms with Gasteiger partial charge >= 0.3 is 0 Å². The van der Waals surface area contributed by atoms with Gasteiger partial charge in [-0.05, 0) is 67.5 Å². The lowest BCUT2D eigenvalue weighted by molar-refractivity contribution is 0.0673. The lowest BCUT2D eigenvalue weighted by atomic mass is 10.1. The molecule has 130 valence electrons. The van der Waals surface area contributed by atoms with Gasteiger partial charge in [0.05, 0.1) is 11.7 Å². The highest BCUT2D eigenvalue weighted by molar-refractivity contribution is 6.06. The molecule has 4 heteroatoms. The van der Waals surface area contributed by atoms with Crippen LogP contribution in [0, 0.1) is 0 Å². The first kappa shape index (κ1) is 16.2. The molecule has 2 aliphatic rings. The minimum absolute atomic E-state index is 0.132. The Labute approximate surface area is 148 Å². The Morgan fingerprint density at radius 1 is 1.12 bits per heavy atom. The zero-order chi connectivity index (χ0) is 17.1. The molecular formula is C21H23NO3. The number of ether oxygens (including phenoxy) is 2. The normalized spacial score (nSPS) is 18.8. The minimum Gasteiger partial charge on any atom is -0.490 e. The van der Waals surface area contributed by atoms with E-state index >= 15 is 0 Å². The zero-order valence-corrected chi connectivity index (χ0v) is 14.3. The number of carbonyl (C=O) groups is 1. The quantitative estimate of drug-likeness (QED) is 0.897. The molecule has 0 saturated carbocycles. The number of fused-ring (bicyclic) bond motifs is 1. The van der Waals surface area contributed by atoms with Crippen molar-refractivity contribution in [3.8, 4) is 5.75 Å². The first-order valence-corrected chi connectivity index (χ1v) is 9.06. The number of benzene rings is 2. The van der Waals surface area contributed by atoms with Crippen LogP contribution < -0.4 is 10.1 Å². The minimum atomic E-state index is -0.138. The molecule has 0 bridgehead atoms. The molecule has 1 fully saturated rings. The maximum atomic E-state index is 12.7. The van der Waals surface area contributed by atoms with Crippen molar-refractivity contribution < 1.29 is 14.3 Å². The molecule has 1 saturated heterocycles. The van der Waals surface area contributed by atoms with Gasteiger partial charge in [0.1, 0.15) is 12.4 Å². The van der Waals surface area contributed by atoms with Crippen molar-refractivity contribution in [1.82, 2.24) is 0 Å². The van der Waals surface area contributed by atoms with Crippen LogP contribution in [0.4, 0.5) is 5.69 Å². The Bertz CT molecular complexity index is 765. The summed E-state index contributed by atoms with van der Waals surface area (Å²) < 4.78 is 11.5. The van der Waals surface area contributed by atoms with E-state index in [1.807, 2.05) is 24.3 Å². The molecule has 1 amide bonds. The summed E-state index contributed by atoms with van der Waals surface area (Å²) in [7, 11) is 0. The van der Waals surface area contributed by atoms with Gasteiger partial charge < -0.3 is 14.8 Å². The summed E-state index contributed by atoms with van der Waals surface area (Å²) in [5.41, 5.74) is 4.15. The Balaban J connectivity index is 1.46. The molecule has 25 heavy (non-hydrogen) atoms. The average Bonchev–Trinajstić information content (AvgIpc) is 3.31. The van der Waals surface area contributed by atoms with Crippen LogP contribution in [0.1, 0.15) is 40.7 Å². The fourth-order valence-electron chi connectivity index (χ4n) is 3.59. The van der Waals surface area contributed by atoms with Crippen LogP contribution in [0.3, 0.4) is 0 Å². The Kier molecular flexibility index (Phi) is 4.70. The van der Waals surface area contributed by atoms with Crippen LogP contribution in [0.2, 0.25) is 0 Å². The van der Waals surface area contributed by atoms with E-state index in [1.165, 1.54) is 17.5 Å². The Morgan fingerprint density at radius 3 is 2.88 bits per heavy atom. The third-order valence-corrected chi connectivity index (χ3v) is 4.94. The van der Waals surface area contributed by atoms with Gasteiger partial charge in [-0.2, -0.15) is 0 Å². The molecule has 1 N–H and O–H groups in total. The maximum absolute atomic E-state index is 12.7. The second kappa shape index (κ2) is 7.28. The summed E-state index contributed by atoms with van der Waals surface area (Å²) in [5, 5.41) is 3.01. The smallest absolute Gasteiger partial charge is 0.259 e. The zero-order valence-electron chi connectivity index (χ0n) is 14.3. The van der Waals surface area contributed by atoms with E-state index in [1.54, 1.807) is 6.07 Å². The predicted octanol–water partition coefficient (Wildman–Crippen LogP) is 3.99. The summed E-state index contributed by atoms with van der Waals surface area (Å²) in [6.45, 7) is 1.29. The highest BCUT2D eigenvalue weighted by Gasteiger charge is 2.19. The van der Waals surface area contributed by atoms with Gasteiger partial charge in [-0.25, -0.2) is 0 Å². The fraction of sp³-hybridized carbons (Fsp3) is 0.381. The number of hydrogen-bond donors (Lipinski definition) is 1. The molecule has 4 rings (SSSR count). The lowest BCUT2D eigenvalue weighted by Gasteiger charge is -2.15. The largest absolute Gasteiger partial charge is 0.490 e. The molecule has 2 aromatic rings. The van der Waals surface area contributed by atoms with E-state index in [0.717, 1.165) is 38.0 Å². The SMILES string of the molecule is O=C(Nc1ccc2c(c1)CCC2)c1ccccc1OC[C@H]1CCCO1. The second-order valence-electron chi connectivity index (χ2n) is 6.73. The van der Waals surface area contributed by atoms with E-state index in [0.29, 0.717) is 17.9 Å². The summed E-state index contributed by atoms with van der Waals surface area (Å²) >= 11 is 0. The number of hydrogen-bond acceptors (Lipinski definition) is 3. The van der Waals surface area contributed by atoms with Crippen molar-refractivity contribution in [2.45, 2.75) is 38.2 Å². The summed E-state index contributed by atoms with van der Waals surface area (Å²) in [6.07, 6.45) is 5.67. The topological polar surface area (TPSA) is 47.6 Å². The predicted molar refractivity (Wildman–Crippen MR) is 97.3 cm³/mol. The van der Waals surface area contributed by atoms with E-state index in [4.69, 9.17) is 9.47 Å². The van der Waals surface area contributed by atoms with Crippen LogP contribution in [0.15, 0.2) is 42.5 Å². The van der Waals surface area contributed by atoms with Crippen molar-refractivity contribution >= 4 is 11.6 Å². The third-order valence-electron chi connectivity index (χ3n) is 4.94. The van der Waals surface area contributed by atoms with E-state index < -0.39 is 0 Å². The maximum Gasteiger partial charge on any atom is 0.259 e. The molecule has 1 aliphatic heterocycles. The van der Waals surface area contributed by atoms with Crippen molar-refractivity contribution in [3.05, 3.63) is 59.2 Å². The third kappa shape index (κ3) is 3.69. The van der Waals surface area contributed by atoms with Crippen LogP contribution in [0.5, 0.6) is 5.75 Å². The molecule has 1 heterocycles. The van der Waals surface area contributed by atoms with E-state index in [9.17, 15) is 4.79 Å². The number of aryl methyl sites for hydroxylation is 2. The second-order valence-corrected chi connectivity index (χ2v) is 6.73. The van der Waals surface area contributed by atoms with Gasteiger partial charge in [-0.15, -0.1) is 0 Å². The highest BCUT2D eigenvalue weighted by atomic mass is 16.5. The van der Waals surface area contributed by atoms with Crippen molar-refractivity contribution in [1.29, 1.82) is 0 Å². The molecule has 4 nitrogen and oxygen atoms in total. The highest BCUT2D eigenvalue weighted by Crippen LogP contribution is 2.26. The summed E-state index contributed by atoms with van der Waals surface area (Å²) in [5.74, 6) is 0.470. The molecule has 0 radical (unpaired) electrons. The van der Waals surface area contributed by atoms with Gasteiger partial charge in [-0.1, -0.05) is 18.2 Å². The number of para-hydroxylation sites is 1. The first-order chi connectivity index (χ1) is 12.3. The number of nitrogens with one attached hydrogen (secondary N) is 1. The van der Waals surface area contributed by atoms with Crippen molar-refractivity contribution in [3.63, 3.8) is 0 Å². The molecular weight excluding hydrogens is 314 g/mol. The lowest BCUT2D eigenvalue weighted by Crippen LogP contribution is -2.19. The standard InChI is InChI=1S/C21H23NO3/c23-21(22-17-11-10-15-5-3-6-16(15)13-17)19-8-1-2-9-20(19)25-14-18-7-4-12-24-18/h1-2,8-11,13,18H,3-7,12,14H2,(H,22,23)/t18-/m1/s1.